The van der Waals surface area contributed by atoms with Crippen LogP contribution >= 0.6 is 0 Å². The molecule has 52 heavy (non-hydrogen) atoms. The molecule has 0 aliphatic carbocycles. The van der Waals surface area contributed by atoms with Gasteiger partial charge in [-0.1, -0.05) is 0 Å². The number of halogens is 2. The van der Waals surface area contributed by atoms with Crippen molar-refractivity contribution in [1.82, 2.24) is 38.3 Å². The molecule has 0 saturated carbocycles. The molecule has 8 rings (SSSR count). The Labute approximate surface area is 296 Å². The molecule has 2 N–H and O–H groups in total. The van der Waals surface area contributed by atoms with Crippen LogP contribution in [0.25, 0.3) is 56.1 Å². The fraction of sp³-hybridized carbons (Fsp3) is 0.105. The van der Waals surface area contributed by atoms with E-state index in [-0.39, 0.29) is 11.6 Å². The van der Waals surface area contributed by atoms with Gasteiger partial charge >= 0.3 is 0 Å². The van der Waals surface area contributed by atoms with E-state index in [2.05, 4.69) is 30.8 Å². The Morgan fingerprint density at radius 3 is 1.60 bits per heavy atom. The molecule has 0 bridgehead atoms. The first-order chi connectivity index (χ1) is 25.2. The second-order valence-corrected chi connectivity index (χ2v) is 12.0. The summed E-state index contributed by atoms with van der Waals surface area (Å²) >= 11 is 0. The highest BCUT2D eigenvalue weighted by molar-refractivity contribution is 5.85. The van der Waals surface area contributed by atoms with Crippen LogP contribution in [0.1, 0.15) is 11.4 Å². The van der Waals surface area contributed by atoms with Crippen molar-refractivity contribution in [3.63, 3.8) is 0 Å². The van der Waals surface area contributed by atoms with Crippen LogP contribution < -0.4 is 10.6 Å². The molecule has 260 valence electrons. The minimum Gasteiger partial charge on any atom is -0.313 e. The van der Waals surface area contributed by atoms with Crippen LogP contribution in [0.3, 0.4) is 0 Å². The van der Waals surface area contributed by atoms with E-state index >= 15 is 0 Å². The smallest absolute Gasteiger partial charge is 0.212 e. The molecule has 0 spiro atoms. The highest BCUT2D eigenvalue weighted by atomic mass is 19.1. The molecule has 0 aliphatic heterocycles. The number of amides is 2. The summed E-state index contributed by atoms with van der Waals surface area (Å²) in [7, 11) is 3.74. The summed E-state index contributed by atoms with van der Waals surface area (Å²) in [6.07, 6.45) is 8.26. The SMILES string of the molecule is Cc1c(-c2ccc3ncc(NC=O)n3c2)c(-c2ccc(F)cc2)nn1C.Cc1nn(C)c(-c2ccc(F)cc2)c1-c1ccc2ncc(NC=O)n2c1. The number of carbonyl (C=O) groups excluding carboxylic acids is 2. The van der Waals surface area contributed by atoms with E-state index in [9.17, 15) is 18.4 Å². The molecule has 0 saturated heterocycles. The number of pyridine rings is 2. The molecule has 0 atom stereocenters. The predicted molar refractivity (Wildman–Crippen MR) is 194 cm³/mol. The number of hydrogen-bond donors (Lipinski definition) is 2. The number of rotatable bonds is 8. The lowest BCUT2D eigenvalue weighted by atomic mass is 10.0. The van der Waals surface area contributed by atoms with E-state index in [0.29, 0.717) is 24.5 Å². The zero-order chi connectivity index (χ0) is 36.5. The van der Waals surface area contributed by atoms with Crippen LogP contribution in [0, 0.1) is 25.5 Å². The first-order valence-corrected chi connectivity index (χ1v) is 16.1. The number of benzene rings is 2. The molecular weight excluding hydrogens is 666 g/mol. The van der Waals surface area contributed by atoms with E-state index in [4.69, 9.17) is 0 Å². The minimum atomic E-state index is -0.285. The zero-order valence-electron chi connectivity index (χ0n) is 28.5. The van der Waals surface area contributed by atoms with E-state index in [1.165, 1.54) is 24.3 Å². The largest absolute Gasteiger partial charge is 0.313 e. The Hall–Kier alpha value is -6.96. The third kappa shape index (κ3) is 6.17. The van der Waals surface area contributed by atoms with Gasteiger partial charge in [0.05, 0.1) is 23.8 Å². The number of aryl methyl sites for hydroxylation is 3. The summed E-state index contributed by atoms with van der Waals surface area (Å²) in [6, 6.07) is 20.3. The van der Waals surface area contributed by atoms with Gasteiger partial charge in [0.1, 0.15) is 40.3 Å². The Morgan fingerprint density at radius 1 is 0.596 bits per heavy atom. The molecule has 0 radical (unpaired) electrons. The number of fused-ring (bicyclic) bond motifs is 2. The number of anilines is 2. The van der Waals surface area contributed by atoms with Crippen LogP contribution in [0.2, 0.25) is 0 Å². The number of nitrogens with zero attached hydrogens (tertiary/aromatic N) is 8. The van der Waals surface area contributed by atoms with Crippen molar-refractivity contribution in [1.29, 1.82) is 0 Å². The van der Waals surface area contributed by atoms with Crippen molar-refractivity contribution >= 4 is 35.8 Å². The quantitative estimate of drug-likeness (QED) is 0.167. The Balaban J connectivity index is 0.000000162. The topological polar surface area (TPSA) is 128 Å². The number of aromatic nitrogens is 8. The lowest BCUT2D eigenvalue weighted by molar-refractivity contribution is -0.106. The molecule has 0 unspecified atom stereocenters. The Morgan fingerprint density at radius 2 is 1.08 bits per heavy atom. The van der Waals surface area contributed by atoms with Crippen molar-refractivity contribution in [3.05, 3.63) is 121 Å². The third-order valence-corrected chi connectivity index (χ3v) is 8.79. The Bertz CT molecular complexity index is 2500. The molecule has 6 heterocycles. The fourth-order valence-corrected chi connectivity index (χ4v) is 6.30. The van der Waals surface area contributed by atoms with Crippen LogP contribution in [0.5, 0.6) is 0 Å². The third-order valence-electron chi connectivity index (χ3n) is 8.79. The monoisotopic (exact) mass is 698 g/mol. The van der Waals surface area contributed by atoms with Gasteiger partial charge in [-0.05, 0) is 86.6 Å². The van der Waals surface area contributed by atoms with Crippen molar-refractivity contribution in [3.8, 4) is 44.8 Å². The molecule has 6 aromatic heterocycles. The van der Waals surface area contributed by atoms with Gasteiger partial charge in [-0.25, -0.2) is 18.7 Å². The second-order valence-electron chi connectivity index (χ2n) is 12.0. The molecule has 2 amide bonds. The summed E-state index contributed by atoms with van der Waals surface area (Å²) < 4.78 is 33.8. The van der Waals surface area contributed by atoms with Gasteiger partial charge in [-0.15, -0.1) is 0 Å². The van der Waals surface area contributed by atoms with Gasteiger partial charge in [-0.3, -0.25) is 27.8 Å². The maximum absolute atomic E-state index is 13.3. The number of imidazole rings is 2. The second kappa shape index (κ2) is 13.7. The normalized spacial score (nSPS) is 11.0. The first-order valence-electron chi connectivity index (χ1n) is 16.1. The van der Waals surface area contributed by atoms with Gasteiger partial charge in [0, 0.05) is 65.6 Å². The van der Waals surface area contributed by atoms with E-state index < -0.39 is 0 Å². The lowest BCUT2D eigenvalue weighted by Crippen LogP contribution is -1.98. The van der Waals surface area contributed by atoms with Crippen molar-refractivity contribution in [2.45, 2.75) is 13.8 Å². The van der Waals surface area contributed by atoms with E-state index in [1.807, 2.05) is 73.4 Å². The van der Waals surface area contributed by atoms with Crippen LogP contribution in [0.15, 0.2) is 97.6 Å². The summed E-state index contributed by atoms with van der Waals surface area (Å²) in [5, 5.41) is 14.4. The Kier molecular flexibility index (Phi) is 8.86. The van der Waals surface area contributed by atoms with Gasteiger partial charge in [0.15, 0.2) is 0 Å². The minimum absolute atomic E-state index is 0.279. The molecule has 0 fully saturated rings. The van der Waals surface area contributed by atoms with Crippen LogP contribution in [-0.2, 0) is 23.7 Å². The zero-order valence-corrected chi connectivity index (χ0v) is 28.5. The van der Waals surface area contributed by atoms with Gasteiger partial charge in [0.2, 0.25) is 12.8 Å². The lowest BCUT2D eigenvalue weighted by Gasteiger charge is -2.09. The predicted octanol–water partition coefficient (Wildman–Crippen LogP) is 6.84. The molecule has 2 aromatic carbocycles. The average Bonchev–Trinajstić information content (AvgIpc) is 3.89. The number of hydrogen-bond acceptors (Lipinski definition) is 6. The molecular formula is C38H32F2N10O2. The van der Waals surface area contributed by atoms with Crippen LogP contribution in [-0.4, -0.2) is 51.2 Å². The molecule has 0 aliphatic rings. The molecule has 8 aromatic rings. The van der Waals surface area contributed by atoms with Gasteiger partial charge < -0.3 is 10.6 Å². The van der Waals surface area contributed by atoms with Crippen molar-refractivity contribution < 1.29 is 18.4 Å². The molecule has 12 nitrogen and oxygen atoms in total. The summed E-state index contributed by atoms with van der Waals surface area (Å²) in [5.74, 6) is 0.606. The average molecular weight is 699 g/mol. The van der Waals surface area contributed by atoms with E-state index in [1.54, 1.807) is 46.0 Å². The first kappa shape index (κ1) is 33.5. The number of nitrogens with one attached hydrogen (secondary N) is 2. The standard InChI is InChI=1S/2C19H16FN5O/c1-12-18(19(23-24(12)2)13-3-6-15(20)7-4-13)14-5-8-16-21-9-17(22-11-26)25(16)10-14;1-12-18(19(24(2)23-12)13-3-6-15(20)7-4-13)14-5-8-16-21-9-17(22-11-26)25(16)10-14/h2*3-11H,1-2H3,(H,22,26). The van der Waals surface area contributed by atoms with Crippen molar-refractivity contribution in [2.75, 3.05) is 10.6 Å². The molecule has 14 heteroatoms. The number of carbonyl (C=O) groups is 2. The van der Waals surface area contributed by atoms with Gasteiger partial charge in [0.25, 0.3) is 0 Å². The van der Waals surface area contributed by atoms with Crippen LogP contribution in [0.4, 0.5) is 20.4 Å². The summed E-state index contributed by atoms with van der Waals surface area (Å²) in [6.45, 7) is 3.92. The fourth-order valence-electron chi connectivity index (χ4n) is 6.30. The summed E-state index contributed by atoms with van der Waals surface area (Å²) in [4.78, 5) is 30.1. The van der Waals surface area contributed by atoms with E-state index in [0.717, 1.165) is 67.5 Å². The summed E-state index contributed by atoms with van der Waals surface area (Å²) in [5.41, 5.74) is 10.4. The van der Waals surface area contributed by atoms with Crippen molar-refractivity contribution in [2.24, 2.45) is 14.1 Å². The highest BCUT2D eigenvalue weighted by Gasteiger charge is 2.19. The maximum Gasteiger partial charge on any atom is 0.212 e. The highest BCUT2D eigenvalue weighted by Crippen LogP contribution is 2.36. The van der Waals surface area contributed by atoms with Gasteiger partial charge in [-0.2, -0.15) is 10.2 Å². The maximum atomic E-state index is 13.3.